The molecule has 1 aromatic carbocycles. The van der Waals surface area contributed by atoms with Crippen molar-refractivity contribution in [2.24, 2.45) is 0 Å². The second kappa shape index (κ2) is 6.65. The van der Waals surface area contributed by atoms with Crippen molar-refractivity contribution in [1.82, 2.24) is 4.98 Å². The van der Waals surface area contributed by atoms with Crippen molar-refractivity contribution < 1.29 is 23.0 Å². The quantitative estimate of drug-likeness (QED) is 0.921. The molecule has 1 aromatic heterocycles. The van der Waals surface area contributed by atoms with Gasteiger partial charge in [-0.3, -0.25) is 9.78 Å². The van der Waals surface area contributed by atoms with Gasteiger partial charge in [0.05, 0.1) is 7.11 Å². The number of aromatic nitrogens is 1. The number of nitrogens with zero attached hydrogens (tertiary/aromatic N) is 1. The number of carbonyl (C=O) groups excluding carboxylic acids is 1. The van der Waals surface area contributed by atoms with Crippen molar-refractivity contribution in [1.29, 1.82) is 0 Å². The van der Waals surface area contributed by atoms with Crippen molar-refractivity contribution >= 4 is 11.6 Å². The molecule has 5 nitrogen and oxygen atoms in total. The maximum absolute atomic E-state index is 12.2. The molecule has 0 aliphatic carbocycles. The predicted molar refractivity (Wildman–Crippen MR) is 71.8 cm³/mol. The molecule has 0 saturated heterocycles. The number of hydrogen-bond donors (Lipinski definition) is 1. The number of amides is 1. The number of nitrogens with one attached hydrogen (secondary N) is 1. The largest absolute Gasteiger partial charge is 0.493 e. The highest BCUT2D eigenvalue weighted by Crippen LogP contribution is 2.29. The SMILES string of the molecule is COc1cc(C(=O)Nc2ccncc2)ccc1OC(F)F. The first-order chi connectivity index (χ1) is 10.1. The van der Waals surface area contributed by atoms with Gasteiger partial charge in [0.1, 0.15) is 0 Å². The number of hydrogen-bond acceptors (Lipinski definition) is 4. The summed E-state index contributed by atoms with van der Waals surface area (Å²) in [6, 6.07) is 7.21. The molecule has 0 aliphatic rings. The van der Waals surface area contributed by atoms with E-state index in [4.69, 9.17) is 4.74 Å². The molecule has 110 valence electrons. The van der Waals surface area contributed by atoms with Crippen molar-refractivity contribution in [3.63, 3.8) is 0 Å². The van der Waals surface area contributed by atoms with Crippen LogP contribution < -0.4 is 14.8 Å². The van der Waals surface area contributed by atoms with Crippen LogP contribution in [-0.4, -0.2) is 24.6 Å². The lowest BCUT2D eigenvalue weighted by molar-refractivity contribution is -0.0512. The Kier molecular flexibility index (Phi) is 4.65. The summed E-state index contributed by atoms with van der Waals surface area (Å²) in [6.07, 6.45) is 3.07. The van der Waals surface area contributed by atoms with E-state index in [1.165, 1.54) is 37.7 Å². The molecule has 0 unspecified atom stereocenters. The highest BCUT2D eigenvalue weighted by Gasteiger charge is 2.14. The van der Waals surface area contributed by atoms with Gasteiger partial charge in [-0.1, -0.05) is 0 Å². The summed E-state index contributed by atoms with van der Waals surface area (Å²) in [6.45, 7) is -2.96. The zero-order chi connectivity index (χ0) is 15.2. The van der Waals surface area contributed by atoms with Gasteiger partial charge >= 0.3 is 6.61 Å². The maximum atomic E-state index is 12.2. The summed E-state index contributed by atoms with van der Waals surface area (Å²) in [5.41, 5.74) is 0.826. The Balaban J connectivity index is 2.18. The van der Waals surface area contributed by atoms with Gasteiger partial charge in [0.2, 0.25) is 0 Å². The van der Waals surface area contributed by atoms with E-state index in [1.54, 1.807) is 12.1 Å². The standard InChI is InChI=1S/C14H12F2N2O3/c1-20-12-8-9(2-3-11(12)21-14(15)16)13(19)18-10-4-6-17-7-5-10/h2-8,14H,1H3,(H,17,18,19). The number of pyridine rings is 1. The molecule has 0 saturated carbocycles. The smallest absolute Gasteiger partial charge is 0.387 e. The zero-order valence-electron chi connectivity index (χ0n) is 11.0. The average molecular weight is 294 g/mol. The van der Waals surface area contributed by atoms with Crippen LogP contribution in [-0.2, 0) is 0 Å². The summed E-state index contributed by atoms with van der Waals surface area (Å²) in [7, 11) is 1.30. The number of halogens is 2. The van der Waals surface area contributed by atoms with Crippen LogP contribution in [0, 0.1) is 0 Å². The molecule has 21 heavy (non-hydrogen) atoms. The molecular weight excluding hydrogens is 282 g/mol. The van der Waals surface area contributed by atoms with Crippen LogP contribution in [0.5, 0.6) is 11.5 Å². The average Bonchev–Trinajstić information content (AvgIpc) is 2.48. The van der Waals surface area contributed by atoms with Crippen LogP contribution in [0.15, 0.2) is 42.7 Å². The molecule has 2 aromatic rings. The third-order valence-corrected chi connectivity index (χ3v) is 2.58. The summed E-state index contributed by atoms with van der Waals surface area (Å²) >= 11 is 0. The van der Waals surface area contributed by atoms with E-state index in [-0.39, 0.29) is 17.1 Å². The van der Waals surface area contributed by atoms with Crippen LogP contribution in [0.25, 0.3) is 0 Å². The fourth-order valence-corrected chi connectivity index (χ4v) is 1.64. The molecule has 1 heterocycles. The Morgan fingerprint density at radius 1 is 1.19 bits per heavy atom. The van der Waals surface area contributed by atoms with Gasteiger partial charge in [-0.15, -0.1) is 0 Å². The highest BCUT2D eigenvalue weighted by molar-refractivity contribution is 6.04. The molecule has 0 spiro atoms. The van der Waals surface area contributed by atoms with Crippen molar-refractivity contribution in [2.45, 2.75) is 6.61 Å². The van der Waals surface area contributed by atoms with Crippen molar-refractivity contribution in [3.8, 4) is 11.5 Å². The second-order valence-corrected chi connectivity index (χ2v) is 3.93. The van der Waals surface area contributed by atoms with E-state index in [0.717, 1.165) is 0 Å². The number of ether oxygens (including phenoxy) is 2. The Bertz CT molecular complexity index is 621. The van der Waals surface area contributed by atoms with E-state index >= 15 is 0 Å². The van der Waals surface area contributed by atoms with Crippen LogP contribution >= 0.6 is 0 Å². The summed E-state index contributed by atoms with van der Waals surface area (Å²) in [4.78, 5) is 15.9. The first kappa shape index (κ1) is 14.7. The monoisotopic (exact) mass is 294 g/mol. The van der Waals surface area contributed by atoms with E-state index in [2.05, 4.69) is 15.0 Å². The molecule has 0 radical (unpaired) electrons. The lowest BCUT2D eigenvalue weighted by Gasteiger charge is -2.11. The third kappa shape index (κ3) is 3.88. The van der Waals surface area contributed by atoms with Gasteiger partial charge in [0.25, 0.3) is 5.91 Å². The number of alkyl halides is 2. The highest BCUT2D eigenvalue weighted by atomic mass is 19.3. The van der Waals surface area contributed by atoms with E-state index < -0.39 is 12.5 Å². The molecule has 0 atom stereocenters. The van der Waals surface area contributed by atoms with Gasteiger partial charge in [0, 0.05) is 23.6 Å². The summed E-state index contributed by atoms with van der Waals surface area (Å²) in [5, 5.41) is 2.65. The van der Waals surface area contributed by atoms with Gasteiger partial charge in [-0.25, -0.2) is 0 Å². The number of benzene rings is 1. The Morgan fingerprint density at radius 2 is 1.90 bits per heavy atom. The second-order valence-electron chi connectivity index (χ2n) is 3.93. The minimum Gasteiger partial charge on any atom is -0.493 e. The lowest BCUT2D eigenvalue weighted by Crippen LogP contribution is -2.12. The molecular formula is C14H12F2N2O3. The van der Waals surface area contributed by atoms with E-state index in [0.29, 0.717) is 5.69 Å². The van der Waals surface area contributed by atoms with Crippen LogP contribution in [0.2, 0.25) is 0 Å². The van der Waals surface area contributed by atoms with E-state index in [1.807, 2.05) is 0 Å². The lowest BCUT2D eigenvalue weighted by atomic mass is 10.2. The number of rotatable bonds is 5. The van der Waals surface area contributed by atoms with E-state index in [9.17, 15) is 13.6 Å². The molecule has 7 heteroatoms. The minimum absolute atomic E-state index is 0.0534. The number of anilines is 1. The van der Waals surface area contributed by atoms with Crippen LogP contribution in [0.1, 0.15) is 10.4 Å². The van der Waals surface area contributed by atoms with Crippen molar-refractivity contribution in [3.05, 3.63) is 48.3 Å². The minimum atomic E-state index is -2.96. The predicted octanol–water partition coefficient (Wildman–Crippen LogP) is 2.94. The Labute approximate surface area is 119 Å². The number of carbonyl (C=O) groups is 1. The fourth-order valence-electron chi connectivity index (χ4n) is 1.64. The van der Waals surface area contributed by atoms with Crippen LogP contribution in [0.3, 0.4) is 0 Å². The molecule has 1 N–H and O–H groups in total. The third-order valence-electron chi connectivity index (χ3n) is 2.58. The van der Waals surface area contributed by atoms with Gasteiger partial charge < -0.3 is 14.8 Å². The first-order valence-corrected chi connectivity index (χ1v) is 5.94. The Hall–Kier alpha value is -2.70. The van der Waals surface area contributed by atoms with Gasteiger partial charge in [0.15, 0.2) is 11.5 Å². The normalized spacial score (nSPS) is 10.3. The topological polar surface area (TPSA) is 60.5 Å². The van der Waals surface area contributed by atoms with Gasteiger partial charge in [-0.05, 0) is 30.3 Å². The maximum Gasteiger partial charge on any atom is 0.387 e. The molecule has 1 amide bonds. The fraction of sp³-hybridized carbons (Fsp3) is 0.143. The van der Waals surface area contributed by atoms with Crippen LogP contribution in [0.4, 0.5) is 14.5 Å². The molecule has 0 fully saturated rings. The van der Waals surface area contributed by atoms with Crippen molar-refractivity contribution in [2.75, 3.05) is 12.4 Å². The zero-order valence-corrected chi connectivity index (χ0v) is 11.0. The molecule has 0 bridgehead atoms. The summed E-state index contributed by atoms with van der Waals surface area (Å²) in [5.74, 6) is -0.478. The molecule has 2 rings (SSSR count). The Morgan fingerprint density at radius 3 is 2.52 bits per heavy atom. The first-order valence-electron chi connectivity index (χ1n) is 5.94. The molecule has 0 aliphatic heterocycles. The number of methoxy groups -OCH3 is 1. The van der Waals surface area contributed by atoms with Gasteiger partial charge in [-0.2, -0.15) is 8.78 Å². The summed E-state index contributed by atoms with van der Waals surface area (Å²) < 4.78 is 33.7.